The molecule has 0 aliphatic rings. The topological polar surface area (TPSA) is 71.1 Å². The van der Waals surface area contributed by atoms with Crippen molar-refractivity contribution in [2.45, 2.75) is 52.4 Å². The van der Waals surface area contributed by atoms with Crippen molar-refractivity contribution < 1.29 is 28.5 Å². The van der Waals surface area contributed by atoms with Gasteiger partial charge in [-0.25, -0.2) is 9.59 Å². The minimum absolute atomic E-state index is 0.313. The highest BCUT2D eigenvalue weighted by Crippen LogP contribution is 2.24. The average Bonchev–Trinajstić information content (AvgIpc) is 3.37. The number of carbonyl (C=O) groups excluding carboxylic acids is 2. The van der Waals surface area contributed by atoms with Crippen LogP contribution in [0.1, 0.15) is 71.7 Å². The number of unbranched alkanes of at least 4 members (excludes halogenated alkanes) is 4. The molecular weight excluding hydrogens is 464 g/mol. The van der Waals surface area contributed by atoms with Gasteiger partial charge < -0.3 is 18.9 Å². The van der Waals surface area contributed by atoms with Crippen molar-refractivity contribution in [1.29, 1.82) is 0 Å². The quantitative estimate of drug-likeness (QED) is 0.132. The number of hydrogen-bond acceptors (Lipinski definition) is 7. The Morgan fingerprint density at radius 2 is 0.943 bits per heavy atom. The summed E-state index contributed by atoms with van der Waals surface area (Å²) >= 11 is 1.03. The summed E-state index contributed by atoms with van der Waals surface area (Å²) in [5.74, 6) is 1.22. The lowest BCUT2D eigenvalue weighted by atomic mass is 10.3. The Morgan fingerprint density at radius 1 is 0.571 bits per heavy atom. The van der Waals surface area contributed by atoms with E-state index in [1.807, 2.05) is 0 Å². The maximum Gasteiger partial charge on any atom is 0.353 e. The predicted molar refractivity (Wildman–Crippen MR) is 137 cm³/mol. The molecule has 0 aliphatic carbocycles. The molecule has 0 aliphatic heterocycles. The van der Waals surface area contributed by atoms with Crippen molar-refractivity contribution in [3.8, 4) is 23.0 Å². The molecule has 3 rings (SSSR count). The van der Waals surface area contributed by atoms with Crippen LogP contribution in [0.15, 0.2) is 60.7 Å². The molecule has 0 bridgehead atoms. The molecule has 1 aromatic heterocycles. The number of rotatable bonds is 14. The van der Waals surface area contributed by atoms with E-state index in [2.05, 4.69) is 13.8 Å². The summed E-state index contributed by atoms with van der Waals surface area (Å²) in [6.45, 7) is 5.62. The fourth-order valence-corrected chi connectivity index (χ4v) is 3.92. The van der Waals surface area contributed by atoms with Gasteiger partial charge in [0.15, 0.2) is 0 Å². The standard InChI is InChI=1S/C28H32O6S/c1-3-5-7-19-31-21-9-13-23(14-10-21)33-27(29)25-17-18-26(35-25)28(30)34-24-15-11-22(12-16-24)32-20-8-6-4-2/h9-18H,3-8,19-20H2,1-2H3. The van der Waals surface area contributed by atoms with E-state index >= 15 is 0 Å². The van der Waals surface area contributed by atoms with Crippen LogP contribution in [-0.4, -0.2) is 25.2 Å². The molecule has 0 amide bonds. The van der Waals surface area contributed by atoms with Crippen LogP contribution in [0, 0.1) is 0 Å². The maximum atomic E-state index is 12.5. The van der Waals surface area contributed by atoms with Gasteiger partial charge in [-0.3, -0.25) is 0 Å². The summed E-state index contributed by atoms with van der Waals surface area (Å²) < 4.78 is 22.2. The van der Waals surface area contributed by atoms with Crippen molar-refractivity contribution in [1.82, 2.24) is 0 Å². The minimum atomic E-state index is -0.532. The summed E-state index contributed by atoms with van der Waals surface area (Å²) in [5.41, 5.74) is 0. The lowest BCUT2D eigenvalue weighted by Crippen LogP contribution is -2.07. The lowest BCUT2D eigenvalue weighted by molar-refractivity contribution is 0.0732. The van der Waals surface area contributed by atoms with Crippen LogP contribution in [0.3, 0.4) is 0 Å². The average molecular weight is 497 g/mol. The Morgan fingerprint density at radius 3 is 1.31 bits per heavy atom. The summed E-state index contributed by atoms with van der Waals surface area (Å²) in [6, 6.07) is 16.9. The normalized spacial score (nSPS) is 10.6. The van der Waals surface area contributed by atoms with Gasteiger partial charge in [0.2, 0.25) is 0 Å². The first kappa shape index (κ1) is 26.3. The van der Waals surface area contributed by atoms with E-state index in [9.17, 15) is 9.59 Å². The molecular formula is C28H32O6S. The van der Waals surface area contributed by atoms with Crippen LogP contribution >= 0.6 is 11.3 Å². The van der Waals surface area contributed by atoms with Crippen LogP contribution in [0.4, 0.5) is 0 Å². The number of carbonyl (C=O) groups is 2. The van der Waals surface area contributed by atoms with E-state index in [1.54, 1.807) is 60.7 Å². The molecule has 0 N–H and O–H groups in total. The van der Waals surface area contributed by atoms with Gasteiger partial charge in [-0.2, -0.15) is 0 Å². The van der Waals surface area contributed by atoms with E-state index in [-0.39, 0.29) is 0 Å². The van der Waals surface area contributed by atoms with Crippen LogP contribution in [0.2, 0.25) is 0 Å². The monoisotopic (exact) mass is 496 g/mol. The van der Waals surface area contributed by atoms with Crippen LogP contribution < -0.4 is 18.9 Å². The molecule has 0 saturated heterocycles. The fraction of sp³-hybridized carbons (Fsp3) is 0.357. The molecule has 35 heavy (non-hydrogen) atoms. The van der Waals surface area contributed by atoms with Gasteiger partial charge in [0.1, 0.15) is 32.8 Å². The van der Waals surface area contributed by atoms with E-state index < -0.39 is 11.9 Å². The van der Waals surface area contributed by atoms with Crippen molar-refractivity contribution >= 4 is 23.3 Å². The Bertz CT molecular complexity index is 972. The Hall–Kier alpha value is -3.32. The zero-order valence-electron chi connectivity index (χ0n) is 20.3. The lowest BCUT2D eigenvalue weighted by Gasteiger charge is -2.07. The molecule has 0 saturated carbocycles. The van der Waals surface area contributed by atoms with Gasteiger partial charge in [0, 0.05) is 0 Å². The summed E-state index contributed by atoms with van der Waals surface area (Å²) in [6.07, 6.45) is 6.56. The van der Waals surface area contributed by atoms with Crippen molar-refractivity contribution in [2.75, 3.05) is 13.2 Å². The van der Waals surface area contributed by atoms with Gasteiger partial charge in [-0.15, -0.1) is 11.3 Å². The molecule has 0 radical (unpaired) electrons. The minimum Gasteiger partial charge on any atom is -0.494 e. The van der Waals surface area contributed by atoms with E-state index in [0.29, 0.717) is 34.5 Å². The maximum absolute atomic E-state index is 12.5. The van der Waals surface area contributed by atoms with Gasteiger partial charge in [-0.1, -0.05) is 39.5 Å². The molecule has 6 nitrogen and oxygen atoms in total. The zero-order chi connectivity index (χ0) is 24.9. The number of esters is 2. The van der Waals surface area contributed by atoms with Gasteiger partial charge in [0.25, 0.3) is 0 Å². The Kier molecular flexibility index (Phi) is 10.6. The summed E-state index contributed by atoms with van der Waals surface area (Å²) in [5, 5.41) is 0. The van der Waals surface area contributed by atoms with Gasteiger partial charge in [0.05, 0.1) is 13.2 Å². The van der Waals surface area contributed by atoms with E-state index in [0.717, 1.165) is 61.4 Å². The number of ether oxygens (including phenoxy) is 4. The highest BCUT2D eigenvalue weighted by molar-refractivity contribution is 7.15. The smallest absolute Gasteiger partial charge is 0.353 e. The zero-order valence-corrected chi connectivity index (χ0v) is 21.1. The fourth-order valence-electron chi connectivity index (χ4n) is 3.16. The second kappa shape index (κ2) is 14.2. The second-order valence-electron chi connectivity index (χ2n) is 8.00. The summed E-state index contributed by atoms with van der Waals surface area (Å²) in [4.78, 5) is 25.6. The molecule has 0 atom stereocenters. The molecule has 3 aromatic rings. The molecule has 2 aromatic carbocycles. The van der Waals surface area contributed by atoms with Gasteiger partial charge >= 0.3 is 11.9 Å². The molecule has 1 heterocycles. The third-order valence-corrected chi connectivity index (χ3v) is 6.16. The van der Waals surface area contributed by atoms with Crippen molar-refractivity contribution in [2.24, 2.45) is 0 Å². The Balaban J connectivity index is 1.48. The van der Waals surface area contributed by atoms with Crippen molar-refractivity contribution in [3.63, 3.8) is 0 Å². The predicted octanol–water partition coefficient (Wildman–Crippen LogP) is 7.32. The molecule has 186 valence electrons. The molecule has 7 heteroatoms. The SMILES string of the molecule is CCCCCOc1ccc(OC(=O)c2ccc(C(=O)Oc3ccc(OCCCCC)cc3)s2)cc1. The Labute approximate surface area is 210 Å². The number of thiophene rings is 1. The third kappa shape index (κ3) is 8.76. The van der Waals surface area contributed by atoms with Crippen LogP contribution in [-0.2, 0) is 0 Å². The largest absolute Gasteiger partial charge is 0.494 e. The first-order valence-electron chi connectivity index (χ1n) is 12.1. The molecule has 0 unspecified atom stereocenters. The first-order chi connectivity index (χ1) is 17.1. The molecule has 0 fully saturated rings. The van der Waals surface area contributed by atoms with Crippen molar-refractivity contribution in [3.05, 3.63) is 70.4 Å². The first-order valence-corrected chi connectivity index (χ1v) is 12.9. The highest BCUT2D eigenvalue weighted by Gasteiger charge is 2.17. The van der Waals surface area contributed by atoms with E-state index in [1.165, 1.54) is 0 Å². The third-order valence-electron chi connectivity index (χ3n) is 5.11. The molecule has 0 spiro atoms. The van der Waals surface area contributed by atoms with Crippen LogP contribution in [0.5, 0.6) is 23.0 Å². The van der Waals surface area contributed by atoms with Gasteiger partial charge in [-0.05, 0) is 73.5 Å². The second-order valence-corrected chi connectivity index (χ2v) is 9.08. The summed E-state index contributed by atoms with van der Waals surface area (Å²) in [7, 11) is 0. The van der Waals surface area contributed by atoms with E-state index in [4.69, 9.17) is 18.9 Å². The number of benzene rings is 2. The highest BCUT2D eigenvalue weighted by atomic mass is 32.1. The van der Waals surface area contributed by atoms with Crippen LogP contribution in [0.25, 0.3) is 0 Å². The number of hydrogen-bond donors (Lipinski definition) is 0.